The SMILES string of the molecule is COCCN1CCN(C(=O)/C=C/c2c(Oc3ccc(NC(=O)c4cn(C(C)C)c(=O)n(-c5ccc(F)cc5)c4=O)cc3F)ccnc2N)CC1. The van der Waals surface area contributed by atoms with Gasteiger partial charge in [0, 0.05) is 76.1 Å². The van der Waals surface area contributed by atoms with E-state index < -0.39 is 40.4 Å². The number of amides is 2. The number of nitrogens with two attached hydrogens (primary N) is 1. The van der Waals surface area contributed by atoms with Crippen molar-refractivity contribution in [3.05, 3.63) is 111 Å². The number of pyridine rings is 1. The number of hydrogen-bond donors (Lipinski definition) is 2. The number of benzene rings is 2. The molecule has 262 valence electrons. The number of nitrogens with zero attached hydrogens (tertiary/aromatic N) is 5. The Kier molecular flexibility index (Phi) is 11.2. The van der Waals surface area contributed by atoms with Gasteiger partial charge in [0.15, 0.2) is 11.6 Å². The third-order valence-corrected chi connectivity index (χ3v) is 8.08. The summed E-state index contributed by atoms with van der Waals surface area (Å²) < 4.78 is 41.8. The molecule has 0 saturated carbocycles. The normalized spacial score (nSPS) is 13.6. The fourth-order valence-electron chi connectivity index (χ4n) is 5.29. The maximum Gasteiger partial charge on any atom is 0.335 e. The fourth-order valence-corrected chi connectivity index (χ4v) is 5.29. The standard InChI is InChI=1S/C35H37F2N7O6/c1-22(2)43-21-27(34(47)44(35(43)48)25-7-4-23(36)5-8-25)33(46)40-24-6-10-30(28(37)20-24)50-29-12-13-39-32(38)26(29)9-11-31(45)42-16-14-41(15-17-42)18-19-49-3/h4-13,20-22H,14-19H2,1-3H3,(H2,38,39)(H,40,46)/b11-9+. The summed E-state index contributed by atoms with van der Waals surface area (Å²) in [7, 11) is 1.65. The third-order valence-electron chi connectivity index (χ3n) is 8.08. The zero-order valence-corrected chi connectivity index (χ0v) is 27.8. The van der Waals surface area contributed by atoms with Crippen LogP contribution in [0.25, 0.3) is 11.8 Å². The molecule has 0 atom stereocenters. The highest BCUT2D eigenvalue weighted by molar-refractivity contribution is 6.04. The van der Waals surface area contributed by atoms with Gasteiger partial charge in [-0.1, -0.05) is 0 Å². The van der Waals surface area contributed by atoms with Crippen LogP contribution in [0.3, 0.4) is 0 Å². The van der Waals surface area contributed by atoms with Crippen molar-refractivity contribution in [1.82, 2.24) is 23.9 Å². The van der Waals surface area contributed by atoms with E-state index in [0.717, 1.165) is 48.6 Å². The molecular weight excluding hydrogens is 652 g/mol. The summed E-state index contributed by atoms with van der Waals surface area (Å²) in [6.07, 6.45) is 5.35. The number of hydrogen-bond acceptors (Lipinski definition) is 9. The molecule has 1 aliphatic rings. The molecule has 13 nitrogen and oxygen atoms in total. The molecule has 4 aromatic rings. The largest absolute Gasteiger partial charge is 0.453 e. The van der Waals surface area contributed by atoms with Crippen LogP contribution in [0.1, 0.15) is 35.8 Å². The van der Waals surface area contributed by atoms with E-state index in [1.807, 2.05) is 0 Å². The average Bonchev–Trinajstić information content (AvgIpc) is 3.09. The number of halogens is 2. The van der Waals surface area contributed by atoms with Crippen molar-refractivity contribution >= 4 is 29.4 Å². The Balaban J connectivity index is 1.32. The first kappa shape index (κ1) is 35.6. The molecule has 2 aromatic carbocycles. The highest BCUT2D eigenvalue weighted by Crippen LogP contribution is 2.32. The minimum Gasteiger partial charge on any atom is -0.453 e. The Hall–Kier alpha value is -5.67. The first-order chi connectivity index (χ1) is 24.0. The first-order valence-electron chi connectivity index (χ1n) is 15.8. The van der Waals surface area contributed by atoms with Crippen LogP contribution >= 0.6 is 0 Å². The molecule has 2 aromatic heterocycles. The van der Waals surface area contributed by atoms with Crippen LogP contribution in [-0.2, 0) is 9.53 Å². The van der Waals surface area contributed by atoms with Gasteiger partial charge in [-0.25, -0.2) is 23.1 Å². The van der Waals surface area contributed by atoms with Gasteiger partial charge in [0.05, 0.1) is 17.9 Å². The number of ether oxygens (including phenoxy) is 2. The predicted octanol–water partition coefficient (Wildman–Crippen LogP) is 3.68. The second kappa shape index (κ2) is 15.7. The fraction of sp³-hybridized carbons (Fsp3) is 0.286. The molecular formula is C35H37F2N7O6. The second-order valence-electron chi connectivity index (χ2n) is 11.7. The van der Waals surface area contributed by atoms with Crippen LogP contribution in [-0.4, -0.2) is 82.2 Å². The lowest BCUT2D eigenvalue weighted by atomic mass is 10.2. The van der Waals surface area contributed by atoms with Gasteiger partial charge >= 0.3 is 5.69 Å². The van der Waals surface area contributed by atoms with Crippen LogP contribution < -0.4 is 27.0 Å². The van der Waals surface area contributed by atoms with Crippen LogP contribution in [0.15, 0.2) is 76.6 Å². The molecule has 0 spiro atoms. The van der Waals surface area contributed by atoms with Gasteiger partial charge in [-0.3, -0.25) is 23.9 Å². The number of carbonyl (C=O) groups excluding carboxylic acids is 2. The highest BCUT2D eigenvalue weighted by Gasteiger charge is 2.22. The smallest absolute Gasteiger partial charge is 0.335 e. The van der Waals surface area contributed by atoms with Crippen molar-refractivity contribution in [1.29, 1.82) is 0 Å². The van der Waals surface area contributed by atoms with Crippen LogP contribution in [0.5, 0.6) is 11.5 Å². The Bertz CT molecular complexity index is 2020. The molecule has 1 aliphatic heterocycles. The summed E-state index contributed by atoms with van der Waals surface area (Å²) in [4.78, 5) is 60.7. The van der Waals surface area contributed by atoms with Gasteiger partial charge in [0.1, 0.15) is 22.9 Å². The number of nitrogen functional groups attached to an aromatic ring is 1. The quantitative estimate of drug-likeness (QED) is 0.225. The molecule has 0 aliphatic carbocycles. The van der Waals surface area contributed by atoms with E-state index in [1.54, 1.807) is 25.9 Å². The molecule has 50 heavy (non-hydrogen) atoms. The summed E-state index contributed by atoms with van der Waals surface area (Å²) in [5.74, 6) is -2.55. The van der Waals surface area contributed by atoms with Crippen LogP contribution in [0.2, 0.25) is 0 Å². The summed E-state index contributed by atoms with van der Waals surface area (Å²) in [5, 5.41) is 2.49. The van der Waals surface area contributed by atoms with Gasteiger partial charge in [-0.15, -0.1) is 0 Å². The van der Waals surface area contributed by atoms with Crippen molar-refractivity contribution in [2.45, 2.75) is 19.9 Å². The third kappa shape index (κ3) is 8.13. The maximum atomic E-state index is 15.4. The Morgan fingerprint density at radius 3 is 2.40 bits per heavy atom. The van der Waals surface area contributed by atoms with Gasteiger partial charge in [0.25, 0.3) is 11.5 Å². The Labute approximate surface area is 286 Å². The van der Waals surface area contributed by atoms with Gasteiger partial charge in [-0.05, 0) is 62.4 Å². The highest BCUT2D eigenvalue weighted by atomic mass is 19.1. The van der Waals surface area contributed by atoms with Crippen molar-refractivity contribution in [2.24, 2.45) is 0 Å². The Morgan fingerprint density at radius 1 is 1.02 bits per heavy atom. The molecule has 2 amide bonds. The van der Waals surface area contributed by atoms with Crippen LogP contribution in [0.4, 0.5) is 20.3 Å². The minimum atomic E-state index is -0.935. The number of aromatic nitrogens is 3. The average molecular weight is 690 g/mol. The van der Waals surface area contributed by atoms with E-state index in [4.69, 9.17) is 15.2 Å². The molecule has 3 N–H and O–H groups in total. The molecule has 1 saturated heterocycles. The first-order valence-corrected chi connectivity index (χ1v) is 15.8. The number of piperazine rings is 1. The number of anilines is 2. The van der Waals surface area contributed by atoms with Crippen molar-refractivity contribution < 1.29 is 27.8 Å². The van der Waals surface area contributed by atoms with E-state index in [-0.39, 0.29) is 40.2 Å². The van der Waals surface area contributed by atoms with E-state index in [1.165, 1.54) is 53.2 Å². The second-order valence-corrected chi connectivity index (χ2v) is 11.7. The number of rotatable bonds is 11. The van der Waals surface area contributed by atoms with Crippen molar-refractivity contribution in [3.63, 3.8) is 0 Å². The summed E-state index contributed by atoms with van der Waals surface area (Å²) in [6, 6.07) is 9.36. The van der Waals surface area contributed by atoms with Crippen LogP contribution in [0, 0.1) is 11.6 Å². The molecule has 0 radical (unpaired) electrons. The van der Waals surface area contributed by atoms with E-state index in [0.29, 0.717) is 19.7 Å². The predicted molar refractivity (Wildman–Crippen MR) is 184 cm³/mol. The minimum absolute atomic E-state index is 0.00263. The topological polar surface area (TPSA) is 154 Å². The molecule has 5 rings (SSSR count). The Morgan fingerprint density at radius 2 is 1.74 bits per heavy atom. The lowest BCUT2D eigenvalue weighted by Crippen LogP contribution is -2.48. The molecule has 15 heteroatoms. The lowest BCUT2D eigenvalue weighted by molar-refractivity contribution is -0.127. The van der Waals surface area contributed by atoms with E-state index in [9.17, 15) is 23.6 Å². The summed E-state index contributed by atoms with van der Waals surface area (Å²) in [6.45, 7) is 7.35. The molecule has 1 fully saturated rings. The molecule has 3 heterocycles. The van der Waals surface area contributed by atoms with Crippen molar-refractivity contribution in [3.8, 4) is 17.2 Å². The van der Waals surface area contributed by atoms with E-state index in [2.05, 4.69) is 15.2 Å². The monoisotopic (exact) mass is 689 g/mol. The maximum absolute atomic E-state index is 15.4. The van der Waals surface area contributed by atoms with E-state index >= 15 is 4.39 Å². The van der Waals surface area contributed by atoms with Gasteiger partial charge in [-0.2, -0.15) is 0 Å². The molecule has 0 unspecified atom stereocenters. The van der Waals surface area contributed by atoms with Crippen molar-refractivity contribution in [2.75, 3.05) is 57.5 Å². The summed E-state index contributed by atoms with van der Waals surface area (Å²) in [5.41, 5.74) is 4.39. The number of nitrogens with one attached hydrogen (secondary N) is 1. The lowest BCUT2D eigenvalue weighted by Gasteiger charge is -2.34. The summed E-state index contributed by atoms with van der Waals surface area (Å²) >= 11 is 0. The zero-order chi connectivity index (χ0) is 35.9. The number of carbonyl (C=O) groups is 2. The van der Waals surface area contributed by atoms with Gasteiger partial charge in [0.2, 0.25) is 5.91 Å². The number of methoxy groups -OCH3 is 1. The van der Waals surface area contributed by atoms with Gasteiger partial charge < -0.3 is 25.4 Å². The zero-order valence-electron chi connectivity index (χ0n) is 27.8. The molecule has 0 bridgehead atoms.